The molecule has 1 aliphatic rings. The Labute approximate surface area is 158 Å². The Bertz CT molecular complexity index is 797. The van der Waals surface area contributed by atoms with Gasteiger partial charge in [0.25, 0.3) is 10.7 Å². The zero-order chi connectivity index (χ0) is 18.5. The van der Waals surface area contributed by atoms with E-state index in [1.807, 2.05) is 31.2 Å². The molecule has 1 aromatic carbocycles. The van der Waals surface area contributed by atoms with Crippen molar-refractivity contribution in [1.29, 1.82) is 0 Å². The summed E-state index contributed by atoms with van der Waals surface area (Å²) in [6.07, 6.45) is 4.60. The zero-order valence-corrected chi connectivity index (χ0v) is 16.1. The molecule has 1 fully saturated rings. The van der Waals surface area contributed by atoms with Crippen molar-refractivity contribution in [1.82, 2.24) is 15.1 Å². The van der Waals surface area contributed by atoms with Crippen molar-refractivity contribution in [2.24, 2.45) is 5.92 Å². The number of hydrogen-bond donors (Lipinski definition) is 1. The van der Waals surface area contributed by atoms with E-state index in [2.05, 4.69) is 17.3 Å². The monoisotopic (exact) mass is 375 g/mol. The van der Waals surface area contributed by atoms with Gasteiger partial charge >= 0.3 is 0 Å². The van der Waals surface area contributed by atoms with Crippen LogP contribution in [0.2, 0.25) is 0 Å². The maximum absolute atomic E-state index is 12.3. The van der Waals surface area contributed by atoms with Gasteiger partial charge in [0.2, 0.25) is 5.91 Å². The standard InChI is InChI=1S/C19H25N3O3S/c1-13-7-9-15(10-8-13)24-12-18-21-22(19(26)25-18)11-17(23)20-16-6-4-3-5-14(16)2/h7-10,14,16H,3-6,11-12H2,1-2H3,(H,20,23)/t14-,16+/m1/s1. The molecular formula is C19H25N3O3S. The third kappa shape index (κ3) is 4.94. The van der Waals surface area contributed by atoms with Crippen LogP contribution in [-0.4, -0.2) is 21.7 Å². The topological polar surface area (TPSA) is 69.3 Å². The second-order valence-electron chi connectivity index (χ2n) is 6.96. The highest BCUT2D eigenvalue weighted by Gasteiger charge is 2.23. The second kappa shape index (κ2) is 8.49. The summed E-state index contributed by atoms with van der Waals surface area (Å²) >= 11 is 5.17. The Morgan fingerprint density at radius 2 is 2.08 bits per heavy atom. The number of amides is 1. The van der Waals surface area contributed by atoms with Crippen molar-refractivity contribution in [3.63, 3.8) is 0 Å². The van der Waals surface area contributed by atoms with E-state index < -0.39 is 0 Å². The lowest BCUT2D eigenvalue weighted by atomic mass is 9.86. The first kappa shape index (κ1) is 18.6. The predicted molar refractivity (Wildman–Crippen MR) is 100 cm³/mol. The highest BCUT2D eigenvalue weighted by Crippen LogP contribution is 2.23. The first-order chi connectivity index (χ1) is 12.5. The highest BCUT2D eigenvalue weighted by molar-refractivity contribution is 7.71. The van der Waals surface area contributed by atoms with E-state index in [0.29, 0.717) is 11.8 Å². The molecule has 2 aromatic rings. The fourth-order valence-electron chi connectivity index (χ4n) is 3.21. The molecule has 7 heteroatoms. The zero-order valence-electron chi connectivity index (χ0n) is 15.2. The fraction of sp³-hybridized carbons (Fsp3) is 0.526. The van der Waals surface area contributed by atoms with Crippen LogP contribution >= 0.6 is 12.2 Å². The number of nitrogens with one attached hydrogen (secondary N) is 1. The van der Waals surface area contributed by atoms with E-state index in [1.54, 1.807) is 0 Å². The van der Waals surface area contributed by atoms with Gasteiger partial charge in [-0.05, 0) is 50.0 Å². The SMILES string of the molecule is Cc1ccc(OCc2nn(CC(=O)N[C@H]3CCCC[C@H]3C)c(=S)o2)cc1. The molecule has 0 saturated heterocycles. The molecule has 1 aromatic heterocycles. The lowest BCUT2D eigenvalue weighted by Gasteiger charge is -2.29. The summed E-state index contributed by atoms with van der Waals surface area (Å²) in [7, 11) is 0. The summed E-state index contributed by atoms with van der Waals surface area (Å²) in [6, 6.07) is 7.96. The average molecular weight is 375 g/mol. The van der Waals surface area contributed by atoms with Crippen LogP contribution < -0.4 is 10.1 Å². The number of ether oxygens (including phenoxy) is 1. The Hall–Kier alpha value is -2.15. The number of carbonyl (C=O) groups is 1. The number of benzene rings is 1. The van der Waals surface area contributed by atoms with Gasteiger partial charge in [-0.3, -0.25) is 4.79 Å². The van der Waals surface area contributed by atoms with Crippen molar-refractivity contribution >= 4 is 18.1 Å². The number of aryl methyl sites for hydroxylation is 1. The fourth-order valence-corrected chi connectivity index (χ4v) is 3.41. The van der Waals surface area contributed by atoms with Gasteiger partial charge in [-0.15, -0.1) is 5.10 Å². The van der Waals surface area contributed by atoms with Crippen LogP contribution in [-0.2, 0) is 17.9 Å². The summed E-state index contributed by atoms with van der Waals surface area (Å²) in [4.78, 5) is 12.5. The third-order valence-electron chi connectivity index (χ3n) is 4.78. The van der Waals surface area contributed by atoms with Gasteiger partial charge in [0.05, 0.1) is 0 Å². The Morgan fingerprint density at radius 3 is 2.81 bits per heavy atom. The number of nitrogens with zero attached hydrogens (tertiary/aromatic N) is 2. The van der Waals surface area contributed by atoms with Gasteiger partial charge in [-0.25, -0.2) is 4.68 Å². The molecule has 1 heterocycles. The summed E-state index contributed by atoms with van der Waals surface area (Å²) < 4.78 is 12.5. The third-order valence-corrected chi connectivity index (χ3v) is 5.08. The molecule has 0 unspecified atom stereocenters. The first-order valence-electron chi connectivity index (χ1n) is 9.07. The maximum atomic E-state index is 12.3. The lowest BCUT2D eigenvalue weighted by molar-refractivity contribution is -0.123. The molecule has 0 aliphatic heterocycles. The van der Waals surface area contributed by atoms with Crippen molar-refractivity contribution < 1.29 is 13.9 Å². The largest absolute Gasteiger partial charge is 0.484 e. The van der Waals surface area contributed by atoms with Crippen molar-refractivity contribution in [2.75, 3.05) is 0 Å². The molecule has 6 nitrogen and oxygen atoms in total. The van der Waals surface area contributed by atoms with Crippen LogP contribution in [0.5, 0.6) is 5.75 Å². The van der Waals surface area contributed by atoms with E-state index in [4.69, 9.17) is 21.4 Å². The number of rotatable bonds is 6. The van der Waals surface area contributed by atoms with E-state index in [-0.39, 0.29) is 29.9 Å². The van der Waals surface area contributed by atoms with Crippen LogP contribution in [0.4, 0.5) is 0 Å². The minimum atomic E-state index is -0.0841. The minimum absolute atomic E-state index is 0.0656. The number of aromatic nitrogens is 2. The van der Waals surface area contributed by atoms with Crippen LogP contribution in [0.3, 0.4) is 0 Å². The van der Waals surface area contributed by atoms with Crippen LogP contribution in [0.1, 0.15) is 44.1 Å². The molecule has 0 radical (unpaired) electrons. The van der Waals surface area contributed by atoms with Gasteiger partial charge in [0.15, 0.2) is 6.61 Å². The van der Waals surface area contributed by atoms with Gasteiger partial charge in [-0.2, -0.15) is 0 Å². The molecule has 3 rings (SSSR count). The average Bonchev–Trinajstić information content (AvgIpc) is 2.96. The molecule has 2 atom stereocenters. The highest BCUT2D eigenvalue weighted by atomic mass is 32.1. The molecule has 0 bridgehead atoms. The normalized spacial score (nSPS) is 19.9. The molecule has 1 N–H and O–H groups in total. The predicted octanol–water partition coefficient (Wildman–Crippen LogP) is 3.79. The molecule has 26 heavy (non-hydrogen) atoms. The quantitative estimate of drug-likeness (QED) is 0.778. The minimum Gasteiger partial charge on any atom is -0.484 e. The van der Waals surface area contributed by atoms with Crippen LogP contribution in [0.25, 0.3) is 0 Å². The maximum Gasteiger partial charge on any atom is 0.287 e. The van der Waals surface area contributed by atoms with Gasteiger partial charge < -0.3 is 14.5 Å². The summed E-state index contributed by atoms with van der Waals surface area (Å²) in [5.74, 6) is 1.51. The number of carbonyl (C=O) groups excluding carboxylic acids is 1. The van der Waals surface area contributed by atoms with Crippen molar-refractivity contribution in [2.45, 2.75) is 58.7 Å². The van der Waals surface area contributed by atoms with E-state index in [0.717, 1.165) is 24.2 Å². The summed E-state index contributed by atoms with van der Waals surface area (Å²) in [5, 5.41) is 7.35. The van der Waals surface area contributed by atoms with Crippen LogP contribution in [0, 0.1) is 17.7 Å². The molecule has 1 aliphatic carbocycles. The summed E-state index contributed by atoms with van der Waals surface area (Å²) in [5.41, 5.74) is 1.16. The van der Waals surface area contributed by atoms with Crippen molar-refractivity contribution in [3.05, 3.63) is 40.6 Å². The molecule has 140 valence electrons. The molecule has 1 amide bonds. The van der Waals surface area contributed by atoms with E-state index in [1.165, 1.54) is 17.5 Å². The Kier molecular flexibility index (Phi) is 6.08. The Morgan fingerprint density at radius 1 is 1.35 bits per heavy atom. The lowest BCUT2D eigenvalue weighted by Crippen LogP contribution is -2.42. The smallest absolute Gasteiger partial charge is 0.287 e. The molecular weight excluding hydrogens is 350 g/mol. The first-order valence-corrected chi connectivity index (χ1v) is 9.48. The molecule has 1 saturated carbocycles. The second-order valence-corrected chi connectivity index (χ2v) is 7.31. The summed E-state index contributed by atoms with van der Waals surface area (Å²) in [6.45, 7) is 4.44. The molecule has 0 spiro atoms. The van der Waals surface area contributed by atoms with Crippen LogP contribution in [0.15, 0.2) is 28.7 Å². The Balaban J connectivity index is 1.54. The van der Waals surface area contributed by atoms with E-state index >= 15 is 0 Å². The number of hydrogen-bond acceptors (Lipinski definition) is 5. The van der Waals surface area contributed by atoms with Gasteiger partial charge in [0, 0.05) is 6.04 Å². The van der Waals surface area contributed by atoms with Gasteiger partial charge in [0.1, 0.15) is 12.3 Å². The van der Waals surface area contributed by atoms with Gasteiger partial charge in [-0.1, -0.05) is 37.5 Å². The van der Waals surface area contributed by atoms with E-state index in [9.17, 15) is 4.79 Å². The van der Waals surface area contributed by atoms with Crippen molar-refractivity contribution in [3.8, 4) is 5.75 Å².